The van der Waals surface area contributed by atoms with Crippen LogP contribution in [0.3, 0.4) is 0 Å². The number of ketones is 1. The molecule has 1 aliphatic rings. The zero-order valence-electron chi connectivity index (χ0n) is 9.49. The van der Waals surface area contributed by atoms with Crippen molar-refractivity contribution in [3.63, 3.8) is 0 Å². The van der Waals surface area contributed by atoms with E-state index in [-0.39, 0.29) is 12.2 Å². The summed E-state index contributed by atoms with van der Waals surface area (Å²) in [6.45, 7) is 2.10. The van der Waals surface area contributed by atoms with Crippen molar-refractivity contribution in [1.29, 1.82) is 0 Å². The molecule has 0 bridgehead atoms. The second-order valence-electron chi connectivity index (χ2n) is 4.24. The number of piperidine rings is 1. The fraction of sp³-hybridized carbons (Fsp3) is 0.818. The summed E-state index contributed by atoms with van der Waals surface area (Å²) in [4.78, 5) is 24.6. The average molecular weight is 213 g/mol. The Morgan fingerprint density at radius 1 is 1.33 bits per heavy atom. The van der Waals surface area contributed by atoms with Crippen molar-refractivity contribution < 1.29 is 14.3 Å². The number of likely N-dealkylation sites (tertiary alicyclic amines) is 1. The van der Waals surface area contributed by atoms with Crippen LogP contribution in [0.5, 0.6) is 0 Å². The first-order chi connectivity index (χ1) is 7.11. The molecule has 1 heterocycles. The molecular formula is C11H19NO3. The van der Waals surface area contributed by atoms with Gasteiger partial charge in [-0.2, -0.15) is 0 Å². The van der Waals surface area contributed by atoms with E-state index in [1.54, 1.807) is 0 Å². The highest BCUT2D eigenvalue weighted by Gasteiger charge is 2.20. The number of carbonyl (C=O) groups excluding carboxylic acids is 2. The van der Waals surface area contributed by atoms with Crippen molar-refractivity contribution in [2.24, 2.45) is 5.92 Å². The van der Waals surface area contributed by atoms with Crippen LogP contribution >= 0.6 is 0 Å². The van der Waals surface area contributed by atoms with Gasteiger partial charge in [0.25, 0.3) is 0 Å². The van der Waals surface area contributed by atoms with E-state index < -0.39 is 5.97 Å². The predicted octanol–water partition coefficient (Wildman–Crippen LogP) is 0.851. The van der Waals surface area contributed by atoms with Crippen molar-refractivity contribution in [2.45, 2.75) is 25.7 Å². The monoisotopic (exact) mass is 213 g/mol. The lowest BCUT2D eigenvalue weighted by Gasteiger charge is -2.28. The molecule has 0 aromatic carbocycles. The first-order valence-electron chi connectivity index (χ1n) is 5.39. The highest BCUT2D eigenvalue weighted by Crippen LogP contribution is 2.20. The molecule has 0 spiro atoms. The summed E-state index contributed by atoms with van der Waals surface area (Å²) in [6.07, 6.45) is 2.58. The van der Waals surface area contributed by atoms with Crippen LogP contribution in [0.2, 0.25) is 0 Å². The molecule has 1 saturated heterocycles. The topological polar surface area (TPSA) is 46.6 Å². The summed E-state index contributed by atoms with van der Waals surface area (Å²) in [5.74, 6) is 0.0442. The molecule has 4 nitrogen and oxygen atoms in total. The molecule has 1 fully saturated rings. The van der Waals surface area contributed by atoms with E-state index in [4.69, 9.17) is 0 Å². The maximum Gasteiger partial charge on any atom is 0.313 e. The Bertz CT molecular complexity index is 232. The van der Waals surface area contributed by atoms with Crippen LogP contribution in [0.15, 0.2) is 0 Å². The molecule has 1 rings (SSSR count). The molecule has 0 unspecified atom stereocenters. The Kier molecular flexibility index (Phi) is 4.75. The number of carbonyl (C=O) groups is 2. The van der Waals surface area contributed by atoms with Gasteiger partial charge >= 0.3 is 5.97 Å². The van der Waals surface area contributed by atoms with Gasteiger partial charge < -0.3 is 9.64 Å². The summed E-state index contributed by atoms with van der Waals surface area (Å²) in [5, 5.41) is 0. The SMILES string of the molecule is COC(=O)CC(=O)CC1CCN(C)CC1. The fourth-order valence-electron chi connectivity index (χ4n) is 1.89. The van der Waals surface area contributed by atoms with Crippen molar-refractivity contribution in [3.05, 3.63) is 0 Å². The van der Waals surface area contributed by atoms with E-state index in [0.29, 0.717) is 12.3 Å². The summed E-state index contributed by atoms with van der Waals surface area (Å²) in [5.41, 5.74) is 0. The first-order valence-corrected chi connectivity index (χ1v) is 5.39. The zero-order valence-corrected chi connectivity index (χ0v) is 9.49. The number of rotatable bonds is 4. The van der Waals surface area contributed by atoms with Gasteiger partial charge in [-0.3, -0.25) is 9.59 Å². The van der Waals surface area contributed by atoms with Crippen LogP contribution in [0, 0.1) is 5.92 Å². The molecule has 4 heteroatoms. The fourth-order valence-corrected chi connectivity index (χ4v) is 1.89. The highest BCUT2D eigenvalue weighted by atomic mass is 16.5. The first kappa shape index (κ1) is 12.2. The lowest BCUT2D eigenvalue weighted by atomic mass is 9.91. The lowest BCUT2D eigenvalue weighted by Crippen LogP contribution is -2.31. The van der Waals surface area contributed by atoms with Crippen LogP contribution in [0.1, 0.15) is 25.7 Å². The standard InChI is InChI=1S/C11H19NO3/c1-12-5-3-9(4-6-12)7-10(13)8-11(14)15-2/h9H,3-8H2,1-2H3. The number of ether oxygens (including phenoxy) is 1. The highest BCUT2D eigenvalue weighted by molar-refractivity contribution is 5.95. The van der Waals surface area contributed by atoms with Gasteiger partial charge in [0.1, 0.15) is 12.2 Å². The van der Waals surface area contributed by atoms with E-state index in [2.05, 4.69) is 16.7 Å². The minimum atomic E-state index is -0.423. The Morgan fingerprint density at radius 2 is 1.93 bits per heavy atom. The van der Waals surface area contributed by atoms with Crippen LogP contribution in [0.25, 0.3) is 0 Å². The van der Waals surface area contributed by atoms with E-state index in [9.17, 15) is 9.59 Å². The summed E-state index contributed by atoms with van der Waals surface area (Å²) in [7, 11) is 3.40. The number of hydrogen-bond acceptors (Lipinski definition) is 4. The Balaban J connectivity index is 2.23. The molecule has 86 valence electrons. The molecule has 0 aliphatic carbocycles. The van der Waals surface area contributed by atoms with E-state index in [1.807, 2.05) is 0 Å². The van der Waals surface area contributed by atoms with Gasteiger partial charge in [0.2, 0.25) is 0 Å². The van der Waals surface area contributed by atoms with Gasteiger partial charge in [-0.05, 0) is 38.9 Å². The molecular weight excluding hydrogens is 194 g/mol. The summed E-state index contributed by atoms with van der Waals surface area (Å²) < 4.78 is 4.46. The molecule has 0 aromatic heterocycles. The second kappa shape index (κ2) is 5.85. The molecule has 0 aromatic rings. The third-order valence-electron chi connectivity index (χ3n) is 2.92. The molecule has 0 amide bonds. The van der Waals surface area contributed by atoms with Gasteiger partial charge in [-0.1, -0.05) is 0 Å². The van der Waals surface area contributed by atoms with Gasteiger partial charge in [0.05, 0.1) is 7.11 Å². The molecule has 0 atom stereocenters. The second-order valence-corrected chi connectivity index (χ2v) is 4.24. The summed E-state index contributed by atoms with van der Waals surface area (Å²) >= 11 is 0. The Hall–Kier alpha value is -0.900. The minimum Gasteiger partial charge on any atom is -0.469 e. The number of esters is 1. The van der Waals surface area contributed by atoms with Crippen LogP contribution in [-0.4, -0.2) is 43.9 Å². The van der Waals surface area contributed by atoms with E-state index in [1.165, 1.54) is 7.11 Å². The van der Waals surface area contributed by atoms with Gasteiger partial charge in [0.15, 0.2) is 0 Å². The quantitative estimate of drug-likeness (QED) is 0.513. The smallest absolute Gasteiger partial charge is 0.313 e. The Morgan fingerprint density at radius 3 is 2.47 bits per heavy atom. The maximum absolute atomic E-state index is 11.4. The van der Waals surface area contributed by atoms with E-state index in [0.717, 1.165) is 25.9 Å². The van der Waals surface area contributed by atoms with Gasteiger partial charge in [-0.15, -0.1) is 0 Å². The third-order valence-corrected chi connectivity index (χ3v) is 2.92. The maximum atomic E-state index is 11.4. The molecule has 15 heavy (non-hydrogen) atoms. The normalized spacial score (nSPS) is 18.8. The zero-order chi connectivity index (χ0) is 11.3. The van der Waals surface area contributed by atoms with Gasteiger partial charge in [-0.25, -0.2) is 0 Å². The van der Waals surface area contributed by atoms with E-state index >= 15 is 0 Å². The van der Waals surface area contributed by atoms with Crippen molar-refractivity contribution >= 4 is 11.8 Å². The number of hydrogen-bond donors (Lipinski definition) is 0. The van der Waals surface area contributed by atoms with Crippen molar-refractivity contribution in [1.82, 2.24) is 4.90 Å². The Labute approximate surface area is 90.6 Å². The van der Waals surface area contributed by atoms with Gasteiger partial charge in [0, 0.05) is 6.42 Å². The average Bonchev–Trinajstić information content (AvgIpc) is 2.21. The number of Topliss-reactive ketones (excluding diaryl/α,β-unsaturated/α-hetero) is 1. The molecule has 0 radical (unpaired) electrons. The third kappa shape index (κ3) is 4.42. The van der Waals surface area contributed by atoms with Crippen LogP contribution in [-0.2, 0) is 14.3 Å². The lowest BCUT2D eigenvalue weighted by molar-refractivity contribution is -0.143. The van der Waals surface area contributed by atoms with Crippen LogP contribution in [0.4, 0.5) is 0 Å². The molecule has 1 aliphatic heterocycles. The van der Waals surface area contributed by atoms with Crippen LogP contribution < -0.4 is 0 Å². The van der Waals surface area contributed by atoms with Crippen molar-refractivity contribution in [3.8, 4) is 0 Å². The molecule has 0 saturated carbocycles. The summed E-state index contributed by atoms with van der Waals surface area (Å²) in [6, 6.07) is 0. The largest absolute Gasteiger partial charge is 0.469 e. The predicted molar refractivity (Wildman–Crippen MR) is 56.5 cm³/mol. The number of nitrogens with zero attached hydrogens (tertiary/aromatic N) is 1. The molecule has 0 N–H and O–H groups in total. The minimum absolute atomic E-state index is 0.0106. The number of methoxy groups -OCH3 is 1. The van der Waals surface area contributed by atoms with Crippen molar-refractivity contribution in [2.75, 3.05) is 27.2 Å².